The minimum Gasteiger partial charge on any atom is -0.411 e. The summed E-state index contributed by atoms with van der Waals surface area (Å²) in [5.41, 5.74) is 3.67. The molecule has 0 aliphatic rings. The van der Waals surface area contributed by atoms with Gasteiger partial charge >= 0.3 is 0 Å². The van der Waals surface area contributed by atoms with Crippen LogP contribution in [0.15, 0.2) is 58.2 Å². The van der Waals surface area contributed by atoms with E-state index in [9.17, 15) is 0 Å². The highest BCUT2D eigenvalue weighted by molar-refractivity contribution is 9.25. The van der Waals surface area contributed by atoms with Crippen molar-refractivity contribution in [1.82, 2.24) is 0 Å². The fraction of sp³-hybridized carbons (Fsp3) is 0.0714. The van der Waals surface area contributed by atoms with Crippen molar-refractivity contribution >= 4 is 53.5 Å². The van der Waals surface area contributed by atoms with Gasteiger partial charge in [-0.3, -0.25) is 0 Å². The Kier molecular flexibility index (Phi) is 5.19. The zero-order chi connectivity index (χ0) is 13.8. The molecule has 2 aromatic carbocycles. The van der Waals surface area contributed by atoms with Gasteiger partial charge in [0.2, 0.25) is 0 Å². The lowest BCUT2D eigenvalue weighted by molar-refractivity contribution is 0.319. The maximum atomic E-state index is 8.99. The van der Waals surface area contributed by atoms with Crippen LogP contribution >= 0.6 is 47.8 Å². The van der Waals surface area contributed by atoms with E-state index in [0.29, 0.717) is 5.71 Å². The van der Waals surface area contributed by atoms with Gasteiger partial charge in [-0.2, -0.15) is 0 Å². The molecule has 2 aromatic rings. The van der Waals surface area contributed by atoms with Gasteiger partial charge in [0.25, 0.3) is 0 Å². The van der Waals surface area contributed by atoms with E-state index in [1.807, 2.05) is 36.4 Å². The molecule has 0 radical (unpaired) electrons. The Bertz CT molecular complexity index is 577. The van der Waals surface area contributed by atoms with Gasteiger partial charge in [0.05, 0.1) is 0 Å². The first-order chi connectivity index (χ1) is 9.11. The molecule has 0 saturated heterocycles. The first-order valence-electron chi connectivity index (χ1n) is 5.48. The van der Waals surface area contributed by atoms with Crippen LogP contribution in [-0.2, 0) is 0 Å². The summed E-state index contributed by atoms with van der Waals surface area (Å²) in [7, 11) is 0. The van der Waals surface area contributed by atoms with Crippen LogP contribution in [0.25, 0.3) is 11.1 Å². The molecule has 1 N–H and O–H groups in total. The molecule has 2 nitrogen and oxygen atoms in total. The molecule has 5 heteroatoms. The average Bonchev–Trinajstić information content (AvgIpc) is 2.41. The highest BCUT2D eigenvalue weighted by Gasteiger charge is 2.12. The van der Waals surface area contributed by atoms with Crippen molar-refractivity contribution in [3.63, 3.8) is 0 Å². The summed E-state index contributed by atoms with van der Waals surface area (Å²) in [5, 5.41) is 12.3. The van der Waals surface area contributed by atoms with Crippen molar-refractivity contribution in [1.29, 1.82) is 0 Å². The number of hydrogen-bond donors (Lipinski definition) is 1. The molecule has 0 amide bonds. The highest BCUT2D eigenvalue weighted by atomic mass is 79.9. The van der Waals surface area contributed by atoms with Crippen molar-refractivity contribution in [3.05, 3.63) is 58.6 Å². The fourth-order valence-corrected chi connectivity index (χ4v) is 2.68. The minimum absolute atomic E-state index is 0.177. The van der Waals surface area contributed by atoms with Gasteiger partial charge in [0.1, 0.15) is 9.45 Å². The lowest BCUT2D eigenvalue weighted by atomic mass is 10.0. The van der Waals surface area contributed by atoms with E-state index in [1.54, 1.807) is 0 Å². The standard InChI is InChI=1S/C14H10Br3NO/c15-12-7-5-10(6-8-12)9-1-3-11(4-2-9)13(18-19)14(16)17/h1-8,14,19H. The van der Waals surface area contributed by atoms with Crippen molar-refractivity contribution < 1.29 is 5.21 Å². The predicted molar refractivity (Wildman–Crippen MR) is 89.5 cm³/mol. The number of halogens is 3. The second-order valence-corrected chi connectivity index (χ2v) is 7.85. The van der Waals surface area contributed by atoms with Crippen molar-refractivity contribution in [2.24, 2.45) is 5.16 Å². The van der Waals surface area contributed by atoms with Crippen LogP contribution in [0.2, 0.25) is 0 Å². The summed E-state index contributed by atoms with van der Waals surface area (Å²) < 4.78 is 0.882. The molecule has 0 fully saturated rings. The molecule has 0 unspecified atom stereocenters. The van der Waals surface area contributed by atoms with Crippen LogP contribution in [0.3, 0.4) is 0 Å². The minimum atomic E-state index is -0.177. The van der Waals surface area contributed by atoms with Crippen molar-refractivity contribution in [2.75, 3.05) is 0 Å². The van der Waals surface area contributed by atoms with Crippen LogP contribution in [0, 0.1) is 0 Å². The average molecular weight is 448 g/mol. The maximum absolute atomic E-state index is 8.99. The predicted octanol–water partition coefficient (Wildman–Crippen LogP) is 5.41. The third-order valence-corrected chi connectivity index (χ3v) is 4.07. The third kappa shape index (κ3) is 3.68. The zero-order valence-corrected chi connectivity index (χ0v) is 14.5. The molecule has 0 bridgehead atoms. The van der Waals surface area contributed by atoms with Crippen LogP contribution < -0.4 is 0 Å². The molecule has 0 heterocycles. The van der Waals surface area contributed by atoms with Crippen molar-refractivity contribution in [2.45, 2.75) is 3.74 Å². The van der Waals surface area contributed by atoms with Crippen LogP contribution in [0.4, 0.5) is 0 Å². The Morgan fingerprint density at radius 1 is 0.895 bits per heavy atom. The van der Waals surface area contributed by atoms with Crippen LogP contribution in [-0.4, -0.2) is 14.7 Å². The summed E-state index contributed by atoms with van der Waals surface area (Å²) in [6.45, 7) is 0. The monoisotopic (exact) mass is 445 g/mol. The molecule has 0 aliphatic heterocycles. The number of oxime groups is 1. The van der Waals surface area contributed by atoms with Gasteiger partial charge in [0.15, 0.2) is 0 Å². The Hall–Kier alpha value is -0.650. The second-order valence-electron chi connectivity index (χ2n) is 3.87. The molecule has 0 atom stereocenters. The molecule has 2 rings (SSSR count). The lowest BCUT2D eigenvalue weighted by Crippen LogP contribution is -2.08. The van der Waals surface area contributed by atoms with Gasteiger partial charge in [-0.1, -0.05) is 89.3 Å². The first kappa shape index (κ1) is 14.8. The molecule has 98 valence electrons. The summed E-state index contributed by atoms with van der Waals surface area (Å²) in [6, 6.07) is 16.0. The van der Waals surface area contributed by atoms with E-state index >= 15 is 0 Å². The fourth-order valence-electron chi connectivity index (χ4n) is 1.70. The Morgan fingerprint density at radius 2 is 1.37 bits per heavy atom. The van der Waals surface area contributed by atoms with E-state index in [2.05, 4.69) is 65.1 Å². The molecule has 0 aliphatic carbocycles. The molecule has 0 aromatic heterocycles. The van der Waals surface area contributed by atoms with Gasteiger partial charge in [-0.25, -0.2) is 0 Å². The van der Waals surface area contributed by atoms with Gasteiger partial charge in [0, 0.05) is 10.0 Å². The highest BCUT2D eigenvalue weighted by Crippen LogP contribution is 2.24. The number of benzene rings is 2. The Balaban J connectivity index is 2.30. The number of nitrogens with zero attached hydrogens (tertiary/aromatic N) is 1. The topological polar surface area (TPSA) is 32.6 Å². The van der Waals surface area contributed by atoms with Gasteiger partial charge in [-0.15, -0.1) is 0 Å². The molecule has 0 saturated carbocycles. The summed E-state index contributed by atoms with van der Waals surface area (Å²) in [5.74, 6) is 0. The smallest absolute Gasteiger partial charge is 0.116 e. The lowest BCUT2D eigenvalue weighted by Gasteiger charge is -2.07. The maximum Gasteiger partial charge on any atom is 0.116 e. The summed E-state index contributed by atoms with van der Waals surface area (Å²) in [6.07, 6.45) is 0. The normalized spacial score (nSPS) is 11.9. The van der Waals surface area contributed by atoms with E-state index in [-0.39, 0.29) is 3.74 Å². The van der Waals surface area contributed by atoms with Crippen LogP contribution in [0.1, 0.15) is 5.56 Å². The van der Waals surface area contributed by atoms with Gasteiger partial charge in [-0.05, 0) is 23.3 Å². The largest absolute Gasteiger partial charge is 0.411 e. The van der Waals surface area contributed by atoms with E-state index < -0.39 is 0 Å². The summed E-state index contributed by atoms with van der Waals surface area (Å²) in [4.78, 5) is 0. The number of hydrogen-bond acceptors (Lipinski definition) is 2. The molecular formula is C14H10Br3NO. The second kappa shape index (κ2) is 6.68. The SMILES string of the molecule is ON=C(c1ccc(-c2ccc(Br)cc2)cc1)C(Br)Br. The van der Waals surface area contributed by atoms with Gasteiger partial charge < -0.3 is 5.21 Å². The Morgan fingerprint density at radius 3 is 1.79 bits per heavy atom. The van der Waals surface area contributed by atoms with E-state index in [4.69, 9.17) is 5.21 Å². The van der Waals surface area contributed by atoms with Crippen LogP contribution in [0.5, 0.6) is 0 Å². The molecular weight excluding hydrogens is 438 g/mol. The number of alkyl halides is 2. The van der Waals surface area contributed by atoms with Crippen molar-refractivity contribution in [3.8, 4) is 11.1 Å². The zero-order valence-electron chi connectivity index (χ0n) is 9.72. The van der Waals surface area contributed by atoms with E-state index in [0.717, 1.165) is 21.2 Å². The van der Waals surface area contributed by atoms with E-state index in [1.165, 1.54) is 0 Å². The quantitative estimate of drug-likeness (QED) is 0.290. The summed E-state index contributed by atoms with van der Waals surface area (Å²) >= 11 is 10.1. The third-order valence-electron chi connectivity index (χ3n) is 2.67. The molecule has 0 spiro atoms. The first-order valence-corrected chi connectivity index (χ1v) is 8.10. The molecule has 19 heavy (non-hydrogen) atoms. The number of rotatable bonds is 3. The Labute approximate surface area is 136 Å².